The van der Waals surface area contributed by atoms with E-state index < -0.39 is 11.9 Å². The third-order valence-corrected chi connectivity index (χ3v) is 4.28. The number of carbonyl (C=O) groups excluding carboxylic acids is 2. The number of benzene rings is 2. The molecule has 3 rings (SSSR count). The van der Waals surface area contributed by atoms with Crippen LogP contribution in [-0.2, 0) is 9.53 Å². The molecule has 1 aromatic heterocycles. The maximum absolute atomic E-state index is 12.5. The molecule has 1 unspecified atom stereocenters. The highest BCUT2D eigenvalue weighted by atomic mass is 35.5. The van der Waals surface area contributed by atoms with Crippen LogP contribution in [0.15, 0.2) is 42.5 Å². The van der Waals surface area contributed by atoms with E-state index in [0.717, 1.165) is 28.2 Å². The molecule has 0 fully saturated rings. The topological polar surface area (TPSA) is 81.3 Å². The van der Waals surface area contributed by atoms with Crippen LogP contribution in [0.2, 0.25) is 0 Å². The van der Waals surface area contributed by atoms with E-state index in [1.54, 1.807) is 32.2 Å². The minimum Gasteiger partial charge on any atom is -0.497 e. The van der Waals surface area contributed by atoms with Crippen molar-refractivity contribution in [1.82, 2.24) is 9.97 Å². The molecule has 0 saturated heterocycles. The predicted molar refractivity (Wildman–Crippen MR) is 105 cm³/mol. The van der Waals surface area contributed by atoms with E-state index >= 15 is 0 Å². The van der Waals surface area contributed by atoms with Crippen molar-refractivity contribution in [2.24, 2.45) is 5.92 Å². The molecule has 0 saturated carbocycles. The van der Waals surface area contributed by atoms with Gasteiger partial charge in [-0.05, 0) is 42.5 Å². The minimum atomic E-state index is -0.441. The summed E-state index contributed by atoms with van der Waals surface area (Å²) < 4.78 is 9.79. The zero-order chi connectivity index (χ0) is 18.7. The Hall–Kier alpha value is -2.86. The first-order valence-corrected chi connectivity index (χ1v) is 8.27. The van der Waals surface area contributed by atoms with Crippen molar-refractivity contribution in [3.63, 3.8) is 0 Å². The number of methoxy groups -OCH3 is 2. The second-order valence-electron chi connectivity index (χ2n) is 6.09. The lowest BCUT2D eigenvalue weighted by molar-refractivity contribution is -0.141. The number of nitrogens with zero attached hydrogens (tertiary/aromatic N) is 1. The van der Waals surface area contributed by atoms with E-state index in [-0.39, 0.29) is 24.6 Å². The van der Waals surface area contributed by atoms with Gasteiger partial charge in [0.05, 0.1) is 31.7 Å². The Labute approximate surface area is 163 Å². The number of imidazole rings is 1. The fourth-order valence-corrected chi connectivity index (χ4v) is 2.76. The molecule has 2 aromatic carbocycles. The highest BCUT2D eigenvalue weighted by Crippen LogP contribution is 2.24. The van der Waals surface area contributed by atoms with Crippen LogP contribution in [0.25, 0.3) is 22.4 Å². The molecule has 6 nitrogen and oxygen atoms in total. The Morgan fingerprint density at radius 3 is 2.44 bits per heavy atom. The molecule has 1 N–H and O–H groups in total. The second-order valence-corrected chi connectivity index (χ2v) is 6.09. The number of nitrogens with one attached hydrogen (secondary N) is 1. The van der Waals surface area contributed by atoms with Crippen LogP contribution in [0.4, 0.5) is 0 Å². The van der Waals surface area contributed by atoms with Crippen LogP contribution in [0.3, 0.4) is 0 Å². The van der Waals surface area contributed by atoms with Crippen molar-refractivity contribution in [1.29, 1.82) is 0 Å². The van der Waals surface area contributed by atoms with Gasteiger partial charge in [0.15, 0.2) is 5.78 Å². The first kappa shape index (κ1) is 20.5. The van der Waals surface area contributed by atoms with Gasteiger partial charge in [-0.25, -0.2) is 4.98 Å². The van der Waals surface area contributed by atoms with Gasteiger partial charge in [-0.2, -0.15) is 0 Å². The average molecular weight is 389 g/mol. The van der Waals surface area contributed by atoms with Gasteiger partial charge in [0.25, 0.3) is 0 Å². The van der Waals surface area contributed by atoms with Crippen molar-refractivity contribution < 1.29 is 19.1 Å². The van der Waals surface area contributed by atoms with Gasteiger partial charge in [0.2, 0.25) is 0 Å². The first-order chi connectivity index (χ1) is 12.5. The summed E-state index contributed by atoms with van der Waals surface area (Å²) in [6.07, 6.45) is 0.0629. The fraction of sp³-hybridized carbons (Fsp3) is 0.250. The predicted octanol–water partition coefficient (Wildman–Crippen LogP) is 4.04. The van der Waals surface area contributed by atoms with Crippen LogP contribution in [0.5, 0.6) is 5.75 Å². The largest absolute Gasteiger partial charge is 0.497 e. The first-order valence-electron chi connectivity index (χ1n) is 8.27. The smallest absolute Gasteiger partial charge is 0.306 e. The van der Waals surface area contributed by atoms with Gasteiger partial charge in [-0.15, -0.1) is 12.4 Å². The van der Waals surface area contributed by atoms with Crippen molar-refractivity contribution in [3.05, 3.63) is 48.0 Å². The van der Waals surface area contributed by atoms with Crippen LogP contribution in [-0.4, -0.2) is 35.9 Å². The molecule has 27 heavy (non-hydrogen) atoms. The highest BCUT2D eigenvalue weighted by Gasteiger charge is 2.19. The molecule has 0 aliphatic rings. The lowest BCUT2D eigenvalue weighted by Gasteiger charge is -2.08. The maximum atomic E-state index is 12.5. The number of H-pyrrole nitrogens is 1. The molecule has 0 radical (unpaired) electrons. The Morgan fingerprint density at radius 1 is 1.11 bits per heavy atom. The standard InChI is InChI=1S/C20H20N2O4.ClH/c1-12(10-18(23)26-3)19(24)14-6-9-16-17(11-14)22-20(21-16)13-4-7-15(25-2)8-5-13;/h4-9,11-12H,10H2,1-3H3,(H,21,22);1H. The van der Waals surface area contributed by atoms with Gasteiger partial charge >= 0.3 is 5.97 Å². The number of hydrogen-bond acceptors (Lipinski definition) is 5. The molecule has 3 aromatic rings. The molecule has 0 bridgehead atoms. The summed E-state index contributed by atoms with van der Waals surface area (Å²) in [6, 6.07) is 12.9. The Morgan fingerprint density at radius 2 is 1.81 bits per heavy atom. The zero-order valence-electron chi connectivity index (χ0n) is 15.3. The van der Waals surface area contributed by atoms with Crippen molar-refractivity contribution in [2.75, 3.05) is 14.2 Å². The molecule has 1 atom stereocenters. The summed E-state index contributed by atoms with van der Waals surface area (Å²) in [5, 5.41) is 0. The quantitative estimate of drug-likeness (QED) is 0.509. The lowest BCUT2D eigenvalue weighted by Crippen LogP contribution is -2.16. The van der Waals surface area contributed by atoms with Crippen molar-refractivity contribution >= 4 is 35.2 Å². The summed E-state index contributed by atoms with van der Waals surface area (Å²) in [4.78, 5) is 31.7. The van der Waals surface area contributed by atoms with Crippen molar-refractivity contribution in [3.8, 4) is 17.1 Å². The molecular formula is C20H21ClN2O4. The summed E-state index contributed by atoms with van der Waals surface area (Å²) >= 11 is 0. The van der Waals surface area contributed by atoms with Crippen LogP contribution < -0.4 is 4.74 Å². The molecule has 142 valence electrons. The number of hydrogen-bond donors (Lipinski definition) is 1. The van der Waals surface area contributed by atoms with E-state index in [0.29, 0.717) is 5.56 Å². The number of halogens is 1. The third kappa shape index (κ3) is 4.46. The number of Topliss-reactive ketones (excluding diaryl/α,β-unsaturated/α-hetero) is 1. The Bertz CT molecular complexity index is 950. The van der Waals surface area contributed by atoms with E-state index in [1.807, 2.05) is 24.3 Å². The molecule has 0 aliphatic heterocycles. The summed E-state index contributed by atoms with van der Waals surface area (Å²) in [5.74, 6) is 0.559. The van der Waals surface area contributed by atoms with Gasteiger partial charge in [-0.1, -0.05) is 6.92 Å². The number of ketones is 1. The SMILES string of the molecule is COC(=O)CC(C)C(=O)c1ccc2nc(-c3ccc(OC)cc3)[nH]c2c1.Cl. The maximum Gasteiger partial charge on any atom is 0.306 e. The fourth-order valence-electron chi connectivity index (χ4n) is 2.76. The zero-order valence-corrected chi connectivity index (χ0v) is 16.1. The van der Waals surface area contributed by atoms with Crippen molar-refractivity contribution in [2.45, 2.75) is 13.3 Å². The summed E-state index contributed by atoms with van der Waals surface area (Å²) in [6.45, 7) is 1.72. The lowest BCUT2D eigenvalue weighted by atomic mass is 9.96. The number of aromatic amines is 1. The summed E-state index contributed by atoms with van der Waals surface area (Å²) in [7, 11) is 2.94. The van der Waals surface area contributed by atoms with Gasteiger partial charge < -0.3 is 14.5 Å². The number of carbonyl (C=O) groups is 2. The number of aromatic nitrogens is 2. The number of ether oxygens (including phenoxy) is 2. The van der Waals surface area contributed by atoms with E-state index in [4.69, 9.17) is 4.74 Å². The number of rotatable bonds is 6. The molecule has 0 amide bonds. The van der Waals surface area contributed by atoms with Gasteiger partial charge in [-0.3, -0.25) is 9.59 Å². The Kier molecular flexibility index (Phi) is 6.58. The van der Waals surface area contributed by atoms with Crippen LogP contribution >= 0.6 is 12.4 Å². The normalized spacial score (nSPS) is 11.5. The molecule has 0 spiro atoms. The van der Waals surface area contributed by atoms with E-state index in [1.165, 1.54) is 7.11 Å². The summed E-state index contributed by atoms with van der Waals surface area (Å²) in [5.41, 5.74) is 3.01. The van der Waals surface area contributed by atoms with Gasteiger partial charge in [0, 0.05) is 17.0 Å². The minimum absolute atomic E-state index is 0. The second kappa shape index (κ2) is 8.68. The van der Waals surface area contributed by atoms with Crippen LogP contribution in [0.1, 0.15) is 23.7 Å². The molecule has 7 heteroatoms. The van der Waals surface area contributed by atoms with Gasteiger partial charge in [0.1, 0.15) is 11.6 Å². The molecule has 1 heterocycles. The van der Waals surface area contributed by atoms with E-state index in [2.05, 4.69) is 14.7 Å². The third-order valence-electron chi connectivity index (χ3n) is 4.28. The number of esters is 1. The van der Waals surface area contributed by atoms with Crippen LogP contribution in [0, 0.1) is 5.92 Å². The average Bonchev–Trinajstić information content (AvgIpc) is 3.10. The Balaban J connectivity index is 0.00000261. The molecular weight excluding hydrogens is 368 g/mol. The molecule has 0 aliphatic carbocycles. The van der Waals surface area contributed by atoms with E-state index in [9.17, 15) is 9.59 Å². The highest BCUT2D eigenvalue weighted by molar-refractivity contribution is 6.01. The monoisotopic (exact) mass is 388 g/mol. The number of fused-ring (bicyclic) bond motifs is 1.